The van der Waals surface area contributed by atoms with Gasteiger partial charge in [0, 0.05) is 55.6 Å². The smallest absolute Gasteiger partial charge is 0.115 e. The fourth-order valence-electron chi connectivity index (χ4n) is 4.57. The molecule has 1 N–H and O–H groups in total. The molecule has 28 heavy (non-hydrogen) atoms. The number of fused-ring (bicyclic) bond motifs is 2. The normalized spacial score (nSPS) is 24.2. The van der Waals surface area contributed by atoms with E-state index in [1.807, 2.05) is 18.5 Å². The van der Waals surface area contributed by atoms with Gasteiger partial charge in [-0.25, -0.2) is 9.97 Å². The van der Waals surface area contributed by atoms with Crippen LogP contribution in [-0.4, -0.2) is 40.0 Å². The van der Waals surface area contributed by atoms with Crippen molar-refractivity contribution in [3.8, 4) is 0 Å². The maximum absolute atomic E-state index is 4.16. The third-order valence-electron chi connectivity index (χ3n) is 5.96. The summed E-state index contributed by atoms with van der Waals surface area (Å²) in [6.45, 7) is 3.03. The fourth-order valence-corrected chi connectivity index (χ4v) is 4.57. The summed E-state index contributed by atoms with van der Waals surface area (Å²) in [4.78, 5) is 10.9. The minimum absolute atomic E-state index is 0.546. The van der Waals surface area contributed by atoms with Gasteiger partial charge in [-0.15, -0.1) is 0 Å². The quantitative estimate of drug-likeness (QED) is 0.699. The molecule has 4 nitrogen and oxygen atoms in total. The third kappa shape index (κ3) is 3.37. The molecular formula is C24H24N4. The molecule has 1 unspecified atom stereocenters. The molecule has 5 rings (SSSR count). The number of likely N-dealkylation sites (tertiary alicyclic amines) is 1. The predicted molar refractivity (Wildman–Crippen MR) is 113 cm³/mol. The van der Waals surface area contributed by atoms with Crippen molar-refractivity contribution in [1.82, 2.24) is 20.2 Å². The van der Waals surface area contributed by atoms with Gasteiger partial charge in [-0.05, 0) is 16.7 Å². The van der Waals surface area contributed by atoms with Crippen molar-refractivity contribution in [2.75, 3.05) is 13.1 Å². The highest BCUT2D eigenvalue weighted by atomic mass is 15.3. The monoisotopic (exact) mass is 368 g/mol. The Kier molecular flexibility index (Phi) is 4.73. The number of nitrogens with one attached hydrogen (secondary N) is 1. The van der Waals surface area contributed by atoms with E-state index >= 15 is 0 Å². The first-order chi connectivity index (χ1) is 13.9. The Morgan fingerprint density at radius 3 is 2.18 bits per heavy atom. The second-order valence-electron chi connectivity index (χ2n) is 7.65. The van der Waals surface area contributed by atoms with E-state index in [0.717, 1.165) is 19.6 Å². The maximum atomic E-state index is 4.16. The first kappa shape index (κ1) is 17.3. The molecular weight excluding hydrogens is 344 g/mol. The van der Waals surface area contributed by atoms with Crippen molar-refractivity contribution in [3.05, 3.63) is 95.6 Å². The van der Waals surface area contributed by atoms with Crippen LogP contribution in [0.4, 0.5) is 0 Å². The number of hydrogen-bond donors (Lipinski definition) is 1. The van der Waals surface area contributed by atoms with E-state index < -0.39 is 0 Å². The zero-order valence-corrected chi connectivity index (χ0v) is 15.8. The number of rotatable bonds is 5. The Morgan fingerprint density at radius 1 is 0.857 bits per heavy atom. The number of aromatic nitrogens is 2. The number of benzene rings is 2. The van der Waals surface area contributed by atoms with Crippen LogP contribution in [0.5, 0.6) is 0 Å². The molecule has 3 heterocycles. The second kappa shape index (κ2) is 7.66. The lowest BCUT2D eigenvalue weighted by Crippen LogP contribution is -2.72. The van der Waals surface area contributed by atoms with Crippen LogP contribution in [-0.2, 0) is 6.54 Å². The molecule has 1 aromatic heterocycles. The molecule has 2 fully saturated rings. The Bertz CT molecular complexity index is 925. The summed E-state index contributed by atoms with van der Waals surface area (Å²) >= 11 is 0. The van der Waals surface area contributed by atoms with Gasteiger partial charge in [-0.1, -0.05) is 66.7 Å². The summed E-state index contributed by atoms with van der Waals surface area (Å²) in [7, 11) is 0. The zero-order valence-electron chi connectivity index (χ0n) is 15.8. The number of piperidine rings is 1. The Hall–Kier alpha value is -2.82. The molecule has 0 spiro atoms. The van der Waals surface area contributed by atoms with E-state index in [0.29, 0.717) is 18.0 Å². The molecule has 2 aliphatic rings. The minimum atomic E-state index is 0.546. The molecule has 0 saturated carbocycles. The fraction of sp³-hybridized carbons (Fsp3) is 0.250. The molecule has 140 valence electrons. The predicted octanol–water partition coefficient (Wildman–Crippen LogP) is 3.59. The molecule has 2 aliphatic heterocycles. The summed E-state index contributed by atoms with van der Waals surface area (Å²) in [5, 5.41) is 3.57. The molecule has 2 aromatic carbocycles. The van der Waals surface area contributed by atoms with Gasteiger partial charge in [0.1, 0.15) is 6.33 Å². The summed E-state index contributed by atoms with van der Waals surface area (Å²) < 4.78 is 0. The van der Waals surface area contributed by atoms with Crippen molar-refractivity contribution in [1.29, 1.82) is 0 Å². The number of hydrogen-bond acceptors (Lipinski definition) is 4. The second-order valence-corrected chi connectivity index (χ2v) is 7.65. The van der Waals surface area contributed by atoms with Crippen molar-refractivity contribution in [2.45, 2.75) is 24.5 Å². The van der Waals surface area contributed by atoms with Gasteiger partial charge in [0.05, 0.1) is 0 Å². The third-order valence-corrected chi connectivity index (χ3v) is 5.96. The maximum Gasteiger partial charge on any atom is 0.115 e. The van der Waals surface area contributed by atoms with Crippen LogP contribution in [0.25, 0.3) is 12.2 Å². The summed E-state index contributed by atoms with van der Waals surface area (Å²) in [6, 6.07) is 20.6. The first-order valence-corrected chi connectivity index (χ1v) is 9.92. The van der Waals surface area contributed by atoms with Gasteiger partial charge in [-0.3, -0.25) is 4.90 Å². The van der Waals surface area contributed by atoms with E-state index in [9.17, 15) is 0 Å². The van der Waals surface area contributed by atoms with Crippen molar-refractivity contribution < 1.29 is 0 Å². The van der Waals surface area contributed by atoms with E-state index in [2.05, 4.69) is 80.9 Å². The van der Waals surface area contributed by atoms with Gasteiger partial charge in [-0.2, -0.15) is 0 Å². The van der Waals surface area contributed by atoms with Crippen LogP contribution in [0, 0.1) is 0 Å². The van der Waals surface area contributed by atoms with Gasteiger partial charge >= 0.3 is 0 Å². The summed E-state index contributed by atoms with van der Waals surface area (Å²) in [6.07, 6.45) is 9.80. The number of piperazine rings is 1. The minimum Gasteiger partial charge on any atom is -0.314 e. The molecule has 2 bridgehead atoms. The summed E-state index contributed by atoms with van der Waals surface area (Å²) in [5.74, 6) is 0.609. The first-order valence-electron chi connectivity index (χ1n) is 9.92. The van der Waals surface area contributed by atoms with Crippen LogP contribution < -0.4 is 5.32 Å². The zero-order chi connectivity index (χ0) is 18.8. The highest BCUT2D eigenvalue weighted by Gasteiger charge is 2.50. The topological polar surface area (TPSA) is 41.0 Å². The Balaban J connectivity index is 1.28. The van der Waals surface area contributed by atoms with Crippen LogP contribution in [0.15, 0.2) is 73.3 Å². The summed E-state index contributed by atoms with van der Waals surface area (Å²) in [5.41, 5.74) is 5.12. The lowest BCUT2D eigenvalue weighted by molar-refractivity contribution is -0.0484. The standard InChI is InChI=1S/C24H24N4/c1-2-4-18(5-3-1)6-7-19-8-10-21(11-9-19)24-22-14-25-15-23(24)28(22)16-20-12-26-17-27-13-20/h1-13,17,22-25H,14-16H2/b7-6-/t22-,23+,24?. The van der Waals surface area contributed by atoms with Crippen LogP contribution in [0.1, 0.15) is 28.2 Å². The van der Waals surface area contributed by atoms with E-state index in [4.69, 9.17) is 0 Å². The van der Waals surface area contributed by atoms with Crippen LogP contribution >= 0.6 is 0 Å². The molecule has 3 aromatic rings. The van der Waals surface area contributed by atoms with E-state index in [1.165, 1.54) is 22.3 Å². The van der Waals surface area contributed by atoms with Crippen molar-refractivity contribution in [2.24, 2.45) is 0 Å². The van der Waals surface area contributed by atoms with Gasteiger partial charge in [0.15, 0.2) is 0 Å². The van der Waals surface area contributed by atoms with Gasteiger partial charge in [0.25, 0.3) is 0 Å². The highest BCUT2D eigenvalue weighted by molar-refractivity contribution is 5.69. The molecule has 3 atom stereocenters. The molecule has 4 heteroatoms. The van der Waals surface area contributed by atoms with Crippen molar-refractivity contribution in [3.63, 3.8) is 0 Å². The van der Waals surface area contributed by atoms with Gasteiger partial charge in [0.2, 0.25) is 0 Å². The molecule has 2 saturated heterocycles. The van der Waals surface area contributed by atoms with E-state index in [1.54, 1.807) is 6.33 Å². The average Bonchev–Trinajstić information content (AvgIpc) is 2.78. The molecule has 0 radical (unpaired) electrons. The SMILES string of the molecule is C(=C/c1ccc(C2[C@H]3CNC[C@@H]2N3Cc2cncnc2)cc1)/c1ccccc1. The number of nitrogens with zero attached hydrogens (tertiary/aromatic N) is 3. The lowest BCUT2D eigenvalue weighted by atomic mass is 9.72. The largest absolute Gasteiger partial charge is 0.314 e. The highest BCUT2D eigenvalue weighted by Crippen LogP contribution is 2.43. The van der Waals surface area contributed by atoms with Gasteiger partial charge < -0.3 is 5.32 Å². The lowest BCUT2D eigenvalue weighted by Gasteiger charge is -2.59. The van der Waals surface area contributed by atoms with Crippen molar-refractivity contribution >= 4 is 12.2 Å². The Morgan fingerprint density at radius 2 is 1.50 bits per heavy atom. The average molecular weight is 368 g/mol. The Labute approximate surface area is 166 Å². The molecule has 0 aliphatic carbocycles. The van der Waals surface area contributed by atoms with Crippen LogP contribution in [0.2, 0.25) is 0 Å². The van der Waals surface area contributed by atoms with E-state index in [-0.39, 0.29) is 0 Å². The molecule has 0 amide bonds. The van der Waals surface area contributed by atoms with Crippen LogP contribution in [0.3, 0.4) is 0 Å².